The zero-order chi connectivity index (χ0) is 14.1. The second-order valence-electron chi connectivity index (χ2n) is 5.52. The molecule has 4 nitrogen and oxygen atoms in total. The van der Waals surface area contributed by atoms with Gasteiger partial charge < -0.3 is 9.26 Å². The molecule has 0 aliphatic carbocycles. The van der Waals surface area contributed by atoms with Crippen LogP contribution >= 0.6 is 0 Å². The summed E-state index contributed by atoms with van der Waals surface area (Å²) in [5, 5.41) is 4.01. The van der Waals surface area contributed by atoms with Gasteiger partial charge in [0.2, 0.25) is 0 Å². The molecule has 1 aliphatic rings. The van der Waals surface area contributed by atoms with Crippen LogP contribution in [0.2, 0.25) is 0 Å². The molecule has 106 valence electrons. The van der Waals surface area contributed by atoms with Crippen LogP contribution in [0.25, 0.3) is 0 Å². The van der Waals surface area contributed by atoms with Crippen molar-refractivity contribution in [2.75, 3.05) is 13.7 Å². The molecule has 0 spiro atoms. The summed E-state index contributed by atoms with van der Waals surface area (Å²) in [6.45, 7) is 6.54. The molecule has 0 amide bonds. The third kappa shape index (κ3) is 2.56. The Hall–Kier alpha value is -1.81. The lowest BCUT2D eigenvalue weighted by Crippen LogP contribution is -2.18. The number of ether oxygens (including phenoxy) is 1. The highest BCUT2D eigenvalue weighted by Crippen LogP contribution is 2.26. The summed E-state index contributed by atoms with van der Waals surface area (Å²) >= 11 is 0. The molecule has 0 saturated carbocycles. The number of aryl methyl sites for hydroxylation is 2. The maximum atomic E-state index is 5.54. The summed E-state index contributed by atoms with van der Waals surface area (Å²) in [6, 6.07) is 6.49. The molecule has 4 heteroatoms. The van der Waals surface area contributed by atoms with Gasteiger partial charge >= 0.3 is 0 Å². The molecule has 20 heavy (non-hydrogen) atoms. The third-order valence-corrected chi connectivity index (χ3v) is 3.82. The van der Waals surface area contributed by atoms with E-state index in [-0.39, 0.29) is 0 Å². The molecule has 1 aromatic heterocycles. The molecule has 0 saturated heterocycles. The van der Waals surface area contributed by atoms with Gasteiger partial charge in [0.25, 0.3) is 0 Å². The van der Waals surface area contributed by atoms with Crippen LogP contribution in [-0.2, 0) is 19.5 Å². The number of hydrogen-bond acceptors (Lipinski definition) is 4. The van der Waals surface area contributed by atoms with Crippen LogP contribution in [-0.4, -0.2) is 23.7 Å². The molecule has 1 aliphatic heterocycles. The van der Waals surface area contributed by atoms with E-state index in [0.29, 0.717) is 0 Å². The summed E-state index contributed by atoms with van der Waals surface area (Å²) in [4.78, 5) is 2.28. The summed E-state index contributed by atoms with van der Waals surface area (Å²) in [6.07, 6.45) is 1.02. The van der Waals surface area contributed by atoms with E-state index in [1.807, 2.05) is 13.8 Å². The van der Waals surface area contributed by atoms with E-state index in [4.69, 9.17) is 9.26 Å². The van der Waals surface area contributed by atoms with Crippen molar-refractivity contribution in [1.82, 2.24) is 10.1 Å². The number of benzene rings is 1. The fraction of sp³-hybridized carbons (Fsp3) is 0.438. The van der Waals surface area contributed by atoms with Crippen molar-refractivity contribution in [3.05, 3.63) is 46.3 Å². The molecular formula is C16H20N2O2. The highest BCUT2D eigenvalue weighted by atomic mass is 16.5. The standard InChI is InChI=1S/C16H20N2O2/c1-11-15(12(2)20-17-11)10-18(3)9-13-4-5-16-14(8-13)6-7-19-16/h4-5,8H,6-7,9-10H2,1-3H3. The Labute approximate surface area is 119 Å². The second-order valence-corrected chi connectivity index (χ2v) is 5.52. The van der Waals surface area contributed by atoms with Crippen molar-refractivity contribution >= 4 is 0 Å². The molecule has 0 atom stereocenters. The van der Waals surface area contributed by atoms with Crippen LogP contribution in [0.3, 0.4) is 0 Å². The Morgan fingerprint density at radius 2 is 2.10 bits per heavy atom. The van der Waals surface area contributed by atoms with E-state index in [2.05, 4.69) is 35.3 Å². The minimum atomic E-state index is 0.813. The van der Waals surface area contributed by atoms with Crippen LogP contribution in [0.15, 0.2) is 22.7 Å². The van der Waals surface area contributed by atoms with Crippen molar-refractivity contribution < 1.29 is 9.26 Å². The van der Waals surface area contributed by atoms with E-state index < -0.39 is 0 Å². The van der Waals surface area contributed by atoms with Gasteiger partial charge in [0.15, 0.2) is 0 Å². The van der Waals surface area contributed by atoms with Crippen molar-refractivity contribution in [2.24, 2.45) is 0 Å². The van der Waals surface area contributed by atoms with Crippen molar-refractivity contribution in [3.8, 4) is 5.75 Å². The van der Waals surface area contributed by atoms with Crippen LogP contribution in [0.1, 0.15) is 28.1 Å². The van der Waals surface area contributed by atoms with E-state index in [1.54, 1.807) is 0 Å². The Morgan fingerprint density at radius 3 is 2.85 bits per heavy atom. The van der Waals surface area contributed by atoms with Gasteiger partial charge in [-0.15, -0.1) is 0 Å². The number of aromatic nitrogens is 1. The predicted molar refractivity (Wildman–Crippen MR) is 76.8 cm³/mol. The summed E-state index contributed by atoms with van der Waals surface area (Å²) in [5.41, 5.74) is 4.82. The second kappa shape index (κ2) is 5.29. The minimum absolute atomic E-state index is 0.813. The highest BCUT2D eigenvalue weighted by molar-refractivity contribution is 5.39. The smallest absolute Gasteiger partial charge is 0.138 e. The molecule has 2 aromatic rings. The van der Waals surface area contributed by atoms with Crippen LogP contribution in [0.4, 0.5) is 0 Å². The SMILES string of the molecule is Cc1noc(C)c1CN(C)Cc1ccc2c(c1)CCO2. The van der Waals surface area contributed by atoms with Gasteiger partial charge in [0.05, 0.1) is 12.3 Å². The highest BCUT2D eigenvalue weighted by Gasteiger charge is 2.14. The van der Waals surface area contributed by atoms with E-state index in [1.165, 1.54) is 16.7 Å². The average Bonchev–Trinajstić information content (AvgIpc) is 3.00. The normalized spacial score (nSPS) is 13.6. The topological polar surface area (TPSA) is 38.5 Å². The first kappa shape index (κ1) is 13.2. The Kier molecular flexibility index (Phi) is 3.49. The van der Waals surface area contributed by atoms with Gasteiger partial charge in [-0.25, -0.2) is 0 Å². The lowest BCUT2D eigenvalue weighted by atomic mass is 10.1. The molecule has 1 aromatic carbocycles. The summed E-state index contributed by atoms with van der Waals surface area (Å²) in [7, 11) is 2.12. The summed E-state index contributed by atoms with van der Waals surface area (Å²) < 4.78 is 10.8. The molecule has 2 heterocycles. The molecule has 3 rings (SSSR count). The minimum Gasteiger partial charge on any atom is -0.493 e. The Balaban J connectivity index is 1.68. The fourth-order valence-corrected chi connectivity index (χ4v) is 2.70. The van der Waals surface area contributed by atoms with E-state index >= 15 is 0 Å². The average molecular weight is 272 g/mol. The van der Waals surface area contributed by atoms with Gasteiger partial charge in [-0.2, -0.15) is 0 Å². The monoisotopic (exact) mass is 272 g/mol. The number of hydrogen-bond donors (Lipinski definition) is 0. The number of nitrogens with zero attached hydrogens (tertiary/aromatic N) is 2. The molecular weight excluding hydrogens is 252 g/mol. The molecule has 0 radical (unpaired) electrons. The lowest BCUT2D eigenvalue weighted by Gasteiger charge is -2.17. The summed E-state index contributed by atoms with van der Waals surface area (Å²) in [5.74, 6) is 1.96. The number of rotatable bonds is 4. The van der Waals surface area contributed by atoms with Gasteiger partial charge in [-0.05, 0) is 38.1 Å². The Bertz CT molecular complexity index is 599. The molecule has 0 unspecified atom stereocenters. The third-order valence-electron chi connectivity index (χ3n) is 3.82. The lowest BCUT2D eigenvalue weighted by molar-refractivity contribution is 0.314. The molecule has 0 bridgehead atoms. The van der Waals surface area contributed by atoms with Gasteiger partial charge in [-0.3, -0.25) is 4.90 Å². The first-order chi connectivity index (χ1) is 9.63. The van der Waals surface area contributed by atoms with Gasteiger partial charge in [-0.1, -0.05) is 17.3 Å². The van der Waals surface area contributed by atoms with Crippen LogP contribution in [0, 0.1) is 13.8 Å². The van der Waals surface area contributed by atoms with E-state index in [9.17, 15) is 0 Å². The zero-order valence-electron chi connectivity index (χ0n) is 12.3. The Morgan fingerprint density at radius 1 is 1.25 bits per heavy atom. The molecule has 0 N–H and O–H groups in total. The van der Waals surface area contributed by atoms with Gasteiger partial charge in [0, 0.05) is 25.1 Å². The maximum Gasteiger partial charge on any atom is 0.138 e. The quantitative estimate of drug-likeness (QED) is 0.858. The maximum absolute atomic E-state index is 5.54. The fourth-order valence-electron chi connectivity index (χ4n) is 2.70. The van der Waals surface area contributed by atoms with Gasteiger partial charge in [0.1, 0.15) is 11.5 Å². The van der Waals surface area contributed by atoms with Crippen molar-refractivity contribution in [1.29, 1.82) is 0 Å². The largest absolute Gasteiger partial charge is 0.493 e. The van der Waals surface area contributed by atoms with Crippen LogP contribution < -0.4 is 4.74 Å². The first-order valence-corrected chi connectivity index (χ1v) is 6.98. The predicted octanol–water partition coefficient (Wildman–Crippen LogP) is 2.86. The first-order valence-electron chi connectivity index (χ1n) is 6.98. The van der Waals surface area contributed by atoms with E-state index in [0.717, 1.165) is 43.3 Å². The number of fused-ring (bicyclic) bond motifs is 1. The van der Waals surface area contributed by atoms with Crippen molar-refractivity contribution in [2.45, 2.75) is 33.4 Å². The molecule has 0 fully saturated rings. The zero-order valence-corrected chi connectivity index (χ0v) is 12.3. The van der Waals surface area contributed by atoms with Crippen molar-refractivity contribution in [3.63, 3.8) is 0 Å². The van der Waals surface area contributed by atoms with Crippen LogP contribution in [0.5, 0.6) is 5.75 Å².